The summed E-state index contributed by atoms with van der Waals surface area (Å²) in [6.07, 6.45) is 1.70. The van der Waals surface area contributed by atoms with Gasteiger partial charge in [0.05, 0.1) is 17.6 Å². The van der Waals surface area contributed by atoms with Crippen LogP contribution in [0.3, 0.4) is 0 Å². The molecule has 1 N–H and O–H groups in total. The molecule has 1 atom stereocenters. The molecule has 5 heteroatoms. The van der Waals surface area contributed by atoms with E-state index in [9.17, 15) is 9.90 Å². The number of rotatable bonds is 6. The lowest BCUT2D eigenvalue weighted by Gasteiger charge is -2.27. The number of anilines is 1. The summed E-state index contributed by atoms with van der Waals surface area (Å²) in [4.78, 5) is 17.6. The molecule has 118 valence electrons. The molecule has 5 nitrogen and oxygen atoms in total. The summed E-state index contributed by atoms with van der Waals surface area (Å²) >= 11 is 0. The number of pyridine rings is 1. The zero-order valence-corrected chi connectivity index (χ0v) is 13.2. The molecule has 0 radical (unpaired) electrons. The maximum atomic E-state index is 11.2. The Morgan fingerprint density at radius 1 is 1.39 bits per heavy atom. The zero-order chi connectivity index (χ0) is 16.8. The number of carbonyl (C=O) groups is 1. The predicted molar refractivity (Wildman–Crippen MR) is 88.0 cm³/mol. The first-order valence-electron chi connectivity index (χ1n) is 7.39. The molecule has 1 aromatic carbocycles. The minimum absolute atomic E-state index is 0.351. The van der Waals surface area contributed by atoms with Crippen LogP contribution in [0.15, 0.2) is 42.6 Å². The highest BCUT2D eigenvalue weighted by molar-refractivity contribution is 5.70. The van der Waals surface area contributed by atoms with Crippen molar-refractivity contribution in [1.82, 2.24) is 4.98 Å². The molecule has 0 bridgehead atoms. The molecule has 1 aromatic heterocycles. The number of nitriles is 1. The summed E-state index contributed by atoms with van der Waals surface area (Å²) in [6, 6.07) is 13.3. The number of hydrogen-bond acceptors (Lipinski definition) is 4. The van der Waals surface area contributed by atoms with E-state index in [0.717, 1.165) is 16.9 Å². The Kier molecular flexibility index (Phi) is 5.32. The van der Waals surface area contributed by atoms with Gasteiger partial charge in [0, 0.05) is 19.3 Å². The minimum Gasteiger partial charge on any atom is -0.481 e. The number of carboxylic acids is 1. The van der Waals surface area contributed by atoms with Crippen LogP contribution in [0.1, 0.15) is 23.6 Å². The molecule has 0 aliphatic rings. The van der Waals surface area contributed by atoms with E-state index in [1.54, 1.807) is 19.2 Å². The molecule has 0 aliphatic carbocycles. The fourth-order valence-corrected chi connectivity index (χ4v) is 2.40. The smallest absolute Gasteiger partial charge is 0.308 e. The number of aliphatic carboxylic acids is 1. The Labute approximate surface area is 135 Å². The van der Waals surface area contributed by atoms with Crippen molar-refractivity contribution >= 4 is 11.8 Å². The highest BCUT2D eigenvalue weighted by Gasteiger charge is 2.19. The predicted octanol–water partition coefficient (Wildman–Crippen LogP) is 2.99. The lowest BCUT2D eigenvalue weighted by molar-refractivity contribution is -0.140. The van der Waals surface area contributed by atoms with Gasteiger partial charge < -0.3 is 10.0 Å². The van der Waals surface area contributed by atoms with Crippen molar-refractivity contribution in [2.24, 2.45) is 5.92 Å². The van der Waals surface area contributed by atoms with Crippen molar-refractivity contribution in [2.75, 3.05) is 11.4 Å². The number of benzene rings is 1. The number of aromatic nitrogens is 1. The third-order valence-corrected chi connectivity index (χ3v) is 3.63. The Morgan fingerprint density at radius 2 is 2.17 bits per heavy atom. The zero-order valence-electron chi connectivity index (χ0n) is 13.2. The minimum atomic E-state index is -0.839. The SMILES string of the molecule is Cc1cccnc1N(Cc1cccc(C#N)c1)CC(C)C(=O)O. The summed E-state index contributed by atoms with van der Waals surface area (Å²) in [5, 5.41) is 18.2. The lowest BCUT2D eigenvalue weighted by Crippen LogP contribution is -2.32. The van der Waals surface area contributed by atoms with Crippen LogP contribution < -0.4 is 4.90 Å². The molecule has 0 saturated carbocycles. The fraction of sp³-hybridized carbons (Fsp3) is 0.278. The number of nitrogens with zero attached hydrogens (tertiary/aromatic N) is 3. The van der Waals surface area contributed by atoms with Gasteiger partial charge in [-0.15, -0.1) is 0 Å². The average molecular weight is 309 g/mol. The van der Waals surface area contributed by atoms with Crippen LogP contribution in [0.25, 0.3) is 0 Å². The monoisotopic (exact) mass is 309 g/mol. The van der Waals surface area contributed by atoms with Crippen LogP contribution in [0.5, 0.6) is 0 Å². The van der Waals surface area contributed by atoms with Gasteiger partial charge in [-0.05, 0) is 36.2 Å². The molecular formula is C18H19N3O2. The van der Waals surface area contributed by atoms with Gasteiger partial charge in [0.2, 0.25) is 0 Å². The van der Waals surface area contributed by atoms with E-state index < -0.39 is 11.9 Å². The number of hydrogen-bond donors (Lipinski definition) is 1. The Morgan fingerprint density at radius 3 is 2.83 bits per heavy atom. The van der Waals surface area contributed by atoms with Crippen LogP contribution in [0.2, 0.25) is 0 Å². The van der Waals surface area contributed by atoms with Gasteiger partial charge in [0.25, 0.3) is 0 Å². The highest BCUT2D eigenvalue weighted by atomic mass is 16.4. The Hall–Kier alpha value is -2.87. The summed E-state index contributed by atoms with van der Waals surface area (Å²) in [5.74, 6) is -0.590. The van der Waals surface area contributed by atoms with Gasteiger partial charge in [-0.2, -0.15) is 5.26 Å². The van der Waals surface area contributed by atoms with Crippen molar-refractivity contribution < 1.29 is 9.90 Å². The van der Waals surface area contributed by atoms with E-state index in [-0.39, 0.29) is 0 Å². The molecule has 1 heterocycles. The second-order valence-electron chi connectivity index (χ2n) is 5.58. The topological polar surface area (TPSA) is 77.2 Å². The summed E-state index contributed by atoms with van der Waals surface area (Å²) < 4.78 is 0. The average Bonchev–Trinajstić information content (AvgIpc) is 2.54. The Balaban J connectivity index is 2.31. The van der Waals surface area contributed by atoms with E-state index in [4.69, 9.17) is 5.26 Å². The van der Waals surface area contributed by atoms with E-state index in [1.807, 2.05) is 42.2 Å². The maximum absolute atomic E-state index is 11.2. The van der Waals surface area contributed by atoms with Crippen LogP contribution in [0.4, 0.5) is 5.82 Å². The third kappa shape index (κ3) is 4.30. The van der Waals surface area contributed by atoms with Crippen LogP contribution >= 0.6 is 0 Å². The summed E-state index contributed by atoms with van der Waals surface area (Å²) in [6.45, 7) is 4.49. The molecule has 1 unspecified atom stereocenters. The van der Waals surface area contributed by atoms with Crippen LogP contribution in [-0.4, -0.2) is 22.6 Å². The van der Waals surface area contributed by atoms with Gasteiger partial charge in [0.1, 0.15) is 5.82 Å². The van der Waals surface area contributed by atoms with E-state index in [1.165, 1.54) is 0 Å². The van der Waals surface area contributed by atoms with Crippen molar-refractivity contribution in [1.29, 1.82) is 5.26 Å². The molecular weight excluding hydrogens is 290 g/mol. The standard InChI is InChI=1S/C18H19N3O2/c1-13-5-4-8-20-17(13)21(11-14(2)18(22)23)12-16-7-3-6-15(9-16)10-19/h3-9,14H,11-12H2,1-2H3,(H,22,23). The molecule has 0 amide bonds. The summed E-state index contributed by atoms with van der Waals surface area (Å²) in [5.41, 5.74) is 2.53. The second-order valence-corrected chi connectivity index (χ2v) is 5.58. The number of aryl methyl sites for hydroxylation is 1. The molecule has 0 aliphatic heterocycles. The summed E-state index contributed by atoms with van der Waals surface area (Å²) in [7, 11) is 0. The van der Waals surface area contributed by atoms with Crippen molar-refractivity contribution in [3.63, 3.8) is 0 Å². The fourth-order valence-electron chi connectivity index (χ4n) is 2.40. The quantitative estimate of drug-likeness (QED) is 0.887. The van der Waals surface area contributed by atoms with E-state index in [0.29, 0.717) is 18.7 Å². The van der Waals surface area contributed by atoms with Crippen molar-refractivity contribution in [3.05, 3.63) is 59.3 Å². The first kappa shape index (κ1) is 16.5. The first-order chi connectivity index (χ1) is 11.0. The van der Waals surface area contributed by atoms with E-state index in [2.05, 4.69) is 11.1 Å². The maximum Gasteiger partial charge on any atom is 0.308 e. The number of carboxylic acid groups (broad SMARTS) is 1. The molecule has 0 spiro atoms. The molecule has 2 rings (SSSR count). The second kappa shape index (κ2) is 7.41. The van der Waals surface area contributed by atoms with Gasteiger partial charge in [-0.25, -0.2) is 4.98 Å². The van der Waals surface area contributed by atoms with Gasteiger partial charge in [0.15, 0.2) is 0 Å². The molecule has 23 heavy (non-hydrogen) atoms. The first-order valence-corrected chi connectivity index (χ1v) is 7.39. The lowest BCUT2D eigenvalue weighted by atomic mass is 10.1. The Bertz CT molecular complexity index is 737. The largest absolute Gasteiger partial charge is 0.481 e. The van der Waals surface area contributed by atoms with Crippen molar-refractivity contribution in [2.45, 2.75) is 20.4 Å². The van der Waals surface area contributed by atoms with Crippen LogP contribution in [-0.2, 0) is 11.3 Å². The molecule has 0 fully saturated rings. The van der Waals surface area contributed by atoms with Gasteiger partial charge in [-0.1, -0.05) is 25.1 Å². The molecule has 2 aromatic rings. The normalized spacial score (nSPS) is 11.5. The van der Waals surface area contributed by atoms with Crippen LogP contribution in [0, 0.1) is 24.2 Å². The van der Waals surface area contributed by atoms with Crippen molar-refractivity contribution in [3.8, 4) is 6.07 Å². The van der Waals surface area contributed by atoms with Gasteiger partial charge in [-0.3, -0.25) is 4.79 Å². The highest BCUT2D eigenvalue weighted by Crippen LogP contribution is 2.20. The third-order valence-electron chi connectivity index (χ3n) is 3.63. The van der Waals surface area contributed by atoms with E-state index >= 15 is 0 Å². The molecule has 0 saturated heterocycles. The van der Waals surface area contributed by atoms with Gasteiger partial charge >= 0.3 is 5.97 Å².